The minimum atomic E-state index is -2.75. The van der Waals surface area contributed by atoms with Crippen molar-refractivity contribution in [2.75, 3.05) is 19.6 Å². The number of nitrogens with zero attached hydrogens (tertiary/aromatic N) is 1. The lowest BCUT2D eigenvalue weighted by atomic mass is 9.97. The molecule has 1 saturated heterocycles. The van der Waals surface area contributed by atoms with Gasteiger partial charge in [0.25, 0.3) is 5.92 Å². The Labute approximate surface area is 84.4 Å². The number of alkyl halides is 2. The molecule has 0 aromatic carbocycles. The summed E-state index contributed by atoms with van der Waals surface area (Å²) in [6.07, 6.45) is 0.980. The zero-order valence-corrected chi connectivity index (χ0v) is 9.19. The maximum absolute atomic E-state index is 13.1. The van der Waals surface area contributed by atoms with Gasteiger partial charge in [0.1, 0.15) is 0 Å². The second-order valence-electron chi connectivity index (χ2n) is 5.06. The maximum Gasteiger partial charge on any atom is 0.272 e. The van der Waals surface area contributed by atoms with E-state index in [-0.39, 0.29) is 12.1 Å². The Balaban J connectivity index is 2.61. The molecule has 1 atom stereocenters. The summed E-state index contributed by atoms with van der Waals surface area (Å²) in [6, 6.07) is 0. The quantitative estimate of drug-likeness (QED) is 0.761. The van der Waals surface area contributed by atoms with Gasteiger partial charge in [-0.25, -0.2) is 8.78 Å². The van der Waals surface area contributed by atoms with Crippen molar-refractivity contribution in [2.45, 2.75) is 38.7 Å². The molecule has 0 aliphatic carbocycles. The number of nitrogens with two attached hydrogens (primary N) is 1. The molecule has 1 unspecified atom stereocenters. The standard InChI is InChI=1S/C10H20F2N2/c1-8-4-9(2,3)14(5-8)7-10(11,12)6-13/h8H,4-7,13H2,1-3H3. The average Bonchev–Trinajstić information content (AvgIpc) is 2.24. The highest BCUT2D eigenvalue weighted by molar-refractivity contribution is 4.93. The van der Waals surface area contributed by atoms with Crippen LogP contribution in [0.3, 0.4) is 0 Å². The highest BCUT2D eigenvalue weighted by Crippen LogP contribution is 2.34. The Kier molecular flexibility index (Phi) is 3.17. The van der Waals surface area contributed by atoms with Crippen molar-refractivity contribution >= 4 is 0 Å². The predicted octanol–water partition coefficient (Wildman–Crippen LogP) is 1.70. The molecule has 14 heavy (non-hydrogen) atoms. The molecule has 0 bridgehead atoms. The van der Waals surface area contributed by atoms with E-state index in [0.29, 0.717) is 5.92 Å². The fraction of sp³-hybridized carbons (Fsp3) is 1.00. The molecule has 1 fully saturated rings. The molecule has 0 radical (unpaired) electrons. The first kappa shape index (κ1) is 11.9. The van der Waals surface area contributed by atoms with Gasteiger partial charge in [-0.05, 0) is 26.2 Å². The van der Waals surface area contributed by atoms with Gasteiger partial charge in [-0.1, -0.05) is 6.92 Å². The fourth-order valence-corrected chi connectivity index (χ4v) is 2.29. The van der Waals surface area contributed by atoms with E-state index < -0.39 is 12.5 Å². The zero-order chi connectivity index (χ0) is 11.0. The van der Waals surface area contributed by atoms with Crippen LogP contribution in [-0.2, 0) is 0 Å². The third-order valence-corrected chi connectivity index (χ3v) is 2.96. The van der Waals surface area contributed by atoms with Gasteiger partial charge < -0.3 is 5.73 Å². The van der Waals surface area contributed by atoms with Gasteiger partial charge in [0, 0.05) is 12.1 Å². The molecule has 0 spiro atoms. The molecule has 84 valence electrons. The predicted molar refractivity (Wildman–Crippen MR) is 53.4 cm³/mol. The first-order valence-corrected chi connectivity index (χ1v) is 5.10. The topological polar surface area (TPSA) is 29.3 Å². The molecule has 0 aromatic rings. The fourth-order valence-electron chi connectivity index (χ4n) is 2.29. The van der Waals surface area contributed by atoms with Crippen LogP contribution in [0.5, 0.6) is 0 Å². The summed E-state index contributed by atoms with van der Waals surface area (Å²) in [5.74, 6) is -2.25. The van der Waals surface area contributed by atoms with E-state index in [2.05, 4.69) is 6.92 Å². The molecular weight excluding hydrogens is 186 g/mol. The van der Waals surface area contributed by atoms with Crippen LogP contribution >= 0.6 is 0 Å². The number of likely N-dealkylation sites (tertiary alicyclic amines) is 1. The normalized spacial score (nSPS) is 28.3. The summed E-state index contributed by atoms with van der Waals surface area (Å²) in [5.41, 5.74) is 4.92. The Bertz CT molecular complexity index is 204. The van der Waals surface area contributed by atoms with Crippen LogP contribution in [0.2, 0.25) is 0 Å². The van der Waals surface area contributed by atoms with Gasteiger partial charge in [-0.2, -0.15) is 0 Å². The van der Waals surface area contributed by atoms with Crippen LogP contribution in [-0.4, -0.2) is 36.0 Å². The molecule has 0 amide bonds. The molecule has 0 saturated carbocycles. The van der Waals surface area contributed by atoms with E-state index in [4.69, 9.17) is 5.73 Å². The van der Waals surface area contributed by atoms with E-state index >= 15 is 0 Å². The molecule has 4 heteroatoms. The third-order valence-electron chi connectivity index (χ3n) is 2.96. The summed E-state index contributed by atoms with van der Waals surface area (Å²) in [6.45, 7) is 6.12. The summed E-state index contributed by atoms with van der Waals surface area (Å²) in [4.78, 5) is 1.85. The van der Waals surface area contributed by atoms with Crippen LogP contribution in [0.15, 0.2) is 0 Å². The van der Waals surface area contributed by atoms with Crippen molar-refractivity contribution in [3.05, 3.63) is 0 Å². The maximum atomic E-state index is 13.1. The number of hydrogen-bond donors (Lipinski definition) is 1. The van der Waals surface area contributed by atoms with Gasteiger partial charge in [-0.3, -0.25) is 4.90 Å². The van der Waals surface area contributed by atoms with E-state index in [9.17, 15) is 8.78 Å². The summed E-state index contributed by atoms with van der Waals surface area (Å²) in [7, 11) is 0. The third kappa shape index (κ3) is 2.64. The Hall–Kier alpha value is -0.220. The molecule has 2 nitrogen and oxygen atoms in total. The Morgan fingerprint density at radius 1 is 1.50 bits per heavy atom. The van der Waals surface area contributed by atoms with Crippen LogP contribution < -0.4 is 5.73 Å². The minimum absolute atomic E-state index is 0.113. The molecule has 1 aliphatic rings. The average molecular weight is 206 g/mol. The monoisotopic (exact) mass is 206 g/mol. The smallest absolute Gasteiger partial charge is 0.272 e. The van der Waals surface area contributed by atoms with Crippen molar-refractivity contribution in [2.24, 2.45) is 11.7 Å². The molecule has 0 aromatic heterocycles. The number of hydrogen-bond acceptors (Lipinski definition) is 2. The van der Waals surface area contributed by atoms with Crippen LogP contribution in [0, 0.1) is 5.92 Å². The van der Waals surface area contributed by atoms with Crippen LogP contribution in [0.1, 0.15) is 27.2 Å². The Morgan fingerprint density at radius 2 is 2.07 bits per heavy atom. The first-order chi connectivity index (χ1) is 6.27. The summed E-state index contributed by atoms with van der Waals surface area (Å²) in [5, 5.41) is 0. The van der Waals surface area contributed by atoms with E-state index in [1.54, 1.807) is 0 Å². The van der Waals surface area contributed by atoms with E-state index in [1.807, 2.05) is 18.7 Å². The van der Waals surface area contributed by atoms with Crippen LogP contribution in [0.25, 0.3) is 0 Å². The summed E-state index contributed by atoms with van der Waals surface area (Å²) < 4.78 is 26.2. The lowest BCUT2D eigenvalue weighted by molar-refractivity contribution is -0.0381. The second kappa shape index (κ2) is 3.74. The minimum Gasteiger partial charge on any atom is -0.325 e. The van der Waals surface area contributed by atoms with Gasteiger partial charge >= 0.3 is 0 Å². The Morgan fingerprint density at radius 3 is 2.43 bits per heavy atom. The van der Waals surface area contributed by atoms with E-state index in [1.165, 1.54) is 0 Å². The van der Waals surface area contributed by atoms with Crippen molar-refractivity contribution in [3.63, 3.8) is 0 Å². The van der Waals surface area contributed by atoms with Crippen molar-refractivity contribution in [1.82, 2.24) is 4.90 Å². The van der Waals surface area contributed by atoms with Crippen molar-refractivity contribution < 1.29 is 8.78 Å². The van der Waals surface area contributed by atoms with Gasteiger partial charge in [0.2, 0.25) is 0 Å². The van der Waals surface area contributed by atoms with Gasteiger partial charge in [0.15, 0.2) is 0 Å². The molecule has 1 rings (SSSR count). The SMILES string of the molecule is CC1CN(CC(F)(F)CN)C(C)(C)C1. The second-order valence-corrected chi connectivity index (χ2v) is 5.06. The van der Waals surface area contributed by atoms with Gasteiger partial charge in [-0.15, -0.1) is 0 Å². The molecule has 1 heterocycles. The highest BCUT2D eigenvalue weighted by atomic mass is 19.3. The van der Waals surface area contributed by atoms with Gasteiger partial charge in [0.05, 0.1) is 13.1 Å². The highest BCUT2D eigenvalue weighted by Gasteiger charge is 2.41. The van der Waals surface area contributed by atoms with Crippen LogP contribution in [0.4, 0.5) is 8.78 Å². The molecule has 1 aliphatic heterocycles. The lowest BCUT2D eigenvalue weighted by Gasteiger charge is -2.33. The lowest BCUT2D eigenvalue weighted by Crippen LogP contribution is -2.47. The summed E-state index contributed by atoms with van der Waals surface area (Å²) >= 11 is 0. The van der Waals surface area contributed by atoms with Crippen molar-refractivity contribution in [1.29, 1.82) is 0 Å². The van der Waals surface area contributed by atoms with Crippen molar-refractivity contribution in [3.8, 4) is 0 Å². The van der Waals surface area contributed by atoms with E-state index in [0.717, 1.165) is 13.0 Å². The molecule has 2 N–H and O–H groups in total. The molecular formula is C10H20F2N2. The largest absolute Gasteiger partial charge is 0.325 e. The zero-order valence-electron chi connectivity index (χ0n) is 9.19. The first-order valence-electron chi connectivity index (χ1n) is 5.10. The number of halogens is 2. The number of rotatable bonds is 3.